The Balaban J connectivity index is 2.35. The second kappa shape index (κ2) is 6.25. The van der Waals surface area contributed by atoms with E-state index in [1.165, 1.54) is 6.20 Å². The van der Waals surface area contributed by atoms with Crippen LogP contribution in [0.2, 0.25) is 5.02 Å². The SMILES string of the molecule is CCc1cc(Oc2cnccc2/C(N)=N/O)ccc1Cl. The molecule has 0 saturated carbocycles. The zero-order valence-electron chi connectivity index (χ0n) is 10.9. The summed E-state index contributed by atoms with van der Waals surface area (Å²) >= 11 is 6.06. The fraction of sp³-hybridized carbons (Fsp3) is 0.143. The molecule has 1 heterocycles. The maximum absolute atomic E-state index is 8.77. The van der Waals surface area contributed by atoms with E-state index in [4.69, 9.17) is 27.3 Å². The number of nitrogens with zero attached hydrogens (tertiary/aromatic N) is 2. The van der Waals surface area contributed by atoms with Gasteiger partial charge in [-0.25, -0.2) is 0 Å². The minimum atomic E-state index is -0.0351. The highest BCUT2D eigenvalue weighted by Crippen LogP contribution is 2.28. The molecule has 1 aromatic carbocycles. The Kier molecular flexibility index (Phi) is 4.42. The van der Waals surface area contributed by atoms with Crippen LogP contribution in [0.25, 0.3) is 0 Å². The Morgan fingerprint density at radius 3 is 2.95 bits per heavy atom. The molecule has 0 aliphatic rings. The third-order valence-corrected chi connectivity index (χ3v) is 3.16. The Bertz CT molecular complexity index is 644. The fourth-order valence-electron chi connectivity index (χ4n) is 1.74. The quantitative estimate of drug-likeness (QED) is 0.392. The summed E-state index contributed by atoms with van der Waals surface area (Å²) in [5, 5.41) is 12.4. The molecule has 6 heteroatoms. The molecule has 0 spiro atoms. The molecule has 0 fully saturated rings. The predicted molar refractivity (Wildman–Crippen MR) is 77.7 cm³/mol. The van der Waals surface area contributed by atoms with Crippen molar-refractivity contribution in [3.8, 4) is 11.5 Å². The van der Waals surface area contributed by atoms with Gasteiger partial charge in [0.1, 0.15) is 5.75 Å². The minimum absolute atomic E-state index is 0.0351. The van der Waals surface area contributed by atoms with E-state index in [1.54, 1.807) is 24.4 Å². The van der Waals surface area contributed by atoms with Crippen LogP contribution in [0.4, 0.5) is 0 Å². The van der Waals surface area contributed by atoms with Crippen LogP contribution in [0.5, 0.6) is 11.5 Å². The first-order chi connectivity index (χ1) is 9.65. The van der Waals surface area contributed by atoms with E-state index in [0.29, 0.717) is 22.1 Å². The summed E-state index contributed by atoms with van der Waals surface area (Å²) in [6, 6.07) is 6.99. The number of rotatable bonds is 4. The number of benzene rings is 1. The molecule has 2 aromatic rings. The van der Waals surface area contributed by atoms with Crippen LogP contribution >= 0.6 is 11.6 Å². The van der Waals surface area contributed by atoms with Crippen LogP contribution in [0.15, 0.2) is 41.8 Å². The normalized spacial score (nSPS) is 11.4. The lowest BCUT2D eigenvalue weighted by Gasteiger charge is -2.11. The molecule has 1 aromatic heterocycles. The van der Waals surface area contributed by atoms with Crippen molar-refractivity contribution in [2.24, 2.45) is 10.9 Å². The van der Waals surface area contributed by atoms with Crippen molar-refractivity contribution < 1.29 is 9.94 Å². The van der Waals surface area contributed by atoms with E-state index >= 15 is 0 Å². The molecule has 0 aliphatic heterocycles. The van der Waals surface area contributed by atoms with Crippen molar-refractivity contribution in [1.29, 1.82) is 0 Å². The number of amidine groups is 1. The van der Waals surface area contributed by atoms with Gasteiger partial charge in [0.25, 0.3) is 0 Å². The molecular weight excluding hydrogens is 278 g/mol. The third kappa shape index (κ3) is 3.00. The summed E-state index contributed by atoms with van der Waals surface area (Å²) in [6.07, 6.45) is 3.85. The van der Waals surface area contributed by atoms with Gasteiger partial charge in [-0.15, -0.1) is 0 Å². The van der Waals surface area contributed by atoms with Crippen LogP contribution in [0, 0.1) is 0 Å². The summed E-state index contributed by atoms with van der Waals surface area (Å²) in [6.45, 7) is 2.01. The van der Waals surface area contributed by atoms with Gasteiger partial charge >= 0.3 is 0 Å². The molecule has 0 saturated heterocycles. The van der Waals surface area contributed by atoms with E-state index in [1.807, 2.05) is 13.0 Å². The fourth-order valence-corrected chi connectivity index (χ4v) is 1.99. The summed E-state index contributed by atoms with van der Waals surface area (Å²) in [5.74, 6) is 0.991. The van der Waals surface area contributed by atoms with E-state index < -0.39 is 0 Å². The van der Waals surface area contributed by atoms with Crippen LogP contribution in [-0.4, -0.2) is 16.0 Å². The monoisotopic (exact) mass is 291 g/mol. The first-order valence-corrected chi connectivity index (χ1v) is 6.41. The van der Waals surface area contributed by atoms with Crippen LogP contribution in [0.3, 0.4) is 0 Å². The third-order valence-electron chi connectivity index (χ3n) is 2.79. The first-order valence-electron chi connectivity index (χ1n) is 6.04. The smallest absolute Gasteiger partial charge is 0.173 e. The number of halogens is 1. The van der Waals surface area contributed by atoms with Gasteiger partial charge in [0.05, 0.1) is 11.8 Å². The Hall–Kier alpha value is -2.27. The lowest BCUT2D eigenvalue weighted by Crippen LogP contribution is -2.14. The first kappa shape index (κ1) is 14.1. The van der Waals surface area contributed by atoms with Crippen molar-refractivity contribution in [2.75, 3.05) is 0 Å². The highest BCUT2D eigenvalue weighted by Gasteiger charge is 2.10. The van der Waals surface area contributed by atoms with E-state index in [0.717, 1.165) is 12.0 Å². The molecule has 0 aliphatic carbocycles. The molecule has 0 amide bonds. The molecule has 0 unspecified atom stereocenters. The second-order valence-electron chi connectivity index (χ2n) is 4.07. The van der Waals surface area contributed by atoms with Gasteiger partial charge in [-0.05, 0) is 36.2 Å². The lowest BCUT2D eigenvalue weighted by molar-refractivity contribution is 0.318. The summed E-state index contributed by atoms with van der Waals surface area (Å²) < 4.78 is 5.74. The van der Waals surface area contributed by atoms with Gasteiger partial charge in [0.2, 0.25) is 0 Å². The average molecular weight is 292 g/mol. The van der Waals surface area contributed by atoms with Gasteiger partial charge in [0, 0.05) is 11.2 Å². The number of hydrogen-bond donors (Lipinski definition) is 2. The molecule has 2 rings (SSSR count). The number of pyridine rings is 1. The number of aryl methyl sites for hydroxylation is 1. The summed E-state index contributed by atoms with van der Waals surface area (Å²) in [7, 11) is 0. The molecule has 104 valence electrons. The van der Waals surface area contributed by atoms with E-state index in [-0.39, 0.29) is 5.84 Å². The van der Waals surface area contributed by atoms with Crippen molar-refractivity contribution >= 4 is 17.4 Å². The summed E-state index contributed by atoms with van der Waals surface area (Å²) in [4.78, 5) is 3.98. The molecule has 0 bridgehead atoms. The van der Waals surface area contributed by atoms with Crippen LogP contribution < -0.4 is 10.5 Å². The summed E-state index contributed by atoms with van der Waals surface area (Å²) in [5.41, 5.74) is 7.05. The molecule has 3 N–H and O–H groups in total. The van der Waals surface area contributed by atoms with Gasteiger partial charge < -0.3 is 15.7 Å². The zero-order chi connectivity index (χ0) is 14.5. The zero-order valence-corrected chi connectivity index (χ0v) is 11.6. The van der Waals surface area contributed by atoms with Crippen molar-refractivity contribution in [1.82, 2.24) is 4.98 Å². The molecular formula is C14H14ClN3O2. The standard InChI is InChI=1S/C14H14ClN3O2/c1-2-9-7-10(3-4-12(9)15)20-13-8-17-6-5-11(13)14(16)18-19/h3-8,19H,2H2,1H3,(H2,16,18). The topological polar surface area (TPSA) is 80.7 Å². The molecule has 5 nitrogen and oxygen atoms in total. The second-order valence-corrected chi connectivity index (χ2v) is 4.47. The maximum atomic E-state index is 8.77. The average Bonchev–Trinajstić information content (AvgIpc) is 2.49. The van der Waals surface area contributed by atoms with E-state index in [9.17, 15) is 0 Å². The predicted octanol–water partition coefficient (Wildman–Crippen LogP) is 3.18. The Morgan fingerprint density at radius 2 is 2.25 bits per heavy atom. The minimum Gasteiger partial charge on any atom is -0.455 e. The number of hydrogen-bond acceptors (Lipinski definition) is 4. The highest BCUT2D eigenvalue weighted by atomic mass is 35.5. The van der Waals surface area contributed by atoms with Crippen LogP contribution in [-0.2, 0) is 6.42 Å². The maximum Gasteiger partial charge on any atom is 0.173 e. The van der Waals surface area contributed by atoms with Gasteiger partial charge in [-0.3, -0.25) is 4.98 Å². The van der Waals surface area contributed by atoms with Crippen LogP contribution in [0.1, 0.15) is 18.1 Å². The van der Waals surface area contributed by atoms with Gasteiger partial charge in [-0.2, -0.15) is 0 Å². The largest absolute Gasteiger partial charge is 0.455 e. The molecule has 0 radical (unpaired) electrons. The number of nitrogens with two attached hydrogens (primary N) is 1. The molecule has 0 atom stereocenters. The number of oxime groups is 1. The highest BCUT2D eigenvalue weighted by molar-refractivity contribution is 6.31. The van der Waals surface area contributed by atoms with Crippen molar-refractivity contribution in [3.63, 3.8) is 0 Å². The van der Waals surface area contributed by atoms with Crippen molar-refractivity contribution in [2.45, 2.75) is 13.3 Å². The van der Waals surface area contributed by atoms with Gasteiger partial charge in [-0.1, -0.05) is 23.7 Å². The van der Waals surface area contributed by atoms with Gasteiger partial charge in [0.15, 0.2) is 11.6 Å². The Morgan fingerprint density at radius 1 is 1.45 bits per heavy atom. The number of aromatic nitrogens is 1. The van der Waals surface area contributed by atoms with Crippen molar-refractivity contribution in [3.05, 3.63) is 52.8 Å². The van der Waals surface area contributed by atoms with E-state index in [2.05, 4.69) is 10.1 Å². The molecule has 20 heavy (non-hydrogen) atoms. The lowest BCUT2D eigenvalue weighted by atomic mass is 10.1. The number of ether oxygens (including phenoxy) is 1. The Labute approximate surface area is 121 Å².